The lowest BCUT2D eigenvalue weighted by Gasteiger charge is -2.23. The van der Waals surface area contributed by atoms with Crippen molar-refractivity contribution >= 4 is 18.2 Å². The summed E-state index contributed by atoms with van der Waals surface area (Å²) in [5.41, 5.74) is 8.91. The van der Waals surface area contributed by atoms with Crippen molar-refractivity contribution < 1.29 is 14.2 Å². The molecule has 0 radical (unpaired) electrons. The van der Waals surface area contributed by atoms with Crippen LogP contribution in [0.15, 0.2) is 18.2 Å². The number of fused-ring (bicyclic) bond motifs is 1. The summed E-state index contributed by atoms with van der Waals surface area (Å²) >= 11 is 0. The Morgan fingerprint density at radius 3 is 2.89 bits per heavy atom. The van der Waals surface area contributed by atoms with Crippen LogP contribution in [0.25, 0.3) is 11.1 Å². The first-order valence-electron chi connectivity index (χ1n) is 8.60. The fourth-order valence-electron chi connectivity index (χ4n) is 3.53. The first-order chi connectivity index (χ1) is 12.7. The molecule has 1 saturated heterocycles. The highest BCUT2D eigenvalue weighted by Gasteiger charge is 2.24. The van der Waals surface area contributed by atoms with E-state index < -0.39 is 0 Å². The van der Waals surface area contributed by atoms with Crippen LogP contribution in [0.3, 0.4) is 0 Å². The Labute approximate surface area is 163 Å². The monoisotopic (exact) mass is 388 g/mol. The maximum atomic E-state index is 9.61. The highest BCUT2D eigenvalue weighted by atomic mass is 35.5. The zero-order valence-corrected chi connectivity index (χ0v) is 15.8. The third kappa shape index (κ3) is 3.46. The largest absolute Gasteiger partial charge is 0.493 e. The van der Waals surface area contributed by atoms with Gasteiger partial charge in [0.1, 0.15) is 17.5 Å². The fourth-order valence-corrected chi connectivity index (χ4v) is 3.53. The van der Waals surface area contributed by atoms with Crippen molar-refractivity contribution in [1.82, 2.24) is 10.3 Å². The quantitative estimate of drug-likeness (QED) is 0.833. The number of ether oxygens (including phenoxy) is 3. The van der Waals surface area contributed by atoms with E-state index in [1.54, 1.807) is 7.11 Å². The normalized spacial score (nSPS) is 17.7. The molecule has 1 aromatic heterocycles. The van der Waals surface area contributed by atoms with E-state index in [4.69, 9.17) is 19.9 Å². The lowest BCUT2D eigenvalue weighted by molar-refractivity contribution is 0.171. The number of halogens is 1. The summed E-state index contributed by atoms with van der Waals surface area (Å²) in [5, 5.41) is 13.0. The van der Waals surface area contributed by atoms with E-state index in [2.05, 4.69) is 16.4 Å². The number of anilines is 1. The molecule has 2 aliphatic rings. The highest BCUT2D eigenvalue weighted by Crippen LogP contribution is 2.45. The summed E-state index contributed by atoms with van der Waals surface area (Å²) in [7, 11) is 1.58. The molecule has 1 fully saturated rings. The Bertz CT molecular complexity index is 891. The third-order valence-corrected chi connectivity index (χ3v) is 4.86. The number of pyridine rings is 1. The number of nitriles is 1. The molecule has 1 aromatic carbocycles. The molecule has 27 heavy (non-hydrogen) atoms. The van der Waals surface area contributed by atoms with Crippen LogP contribution in [0.2, 0.25) is 0 Å². The number of hydrogen-bond donors (Lipinski definition) is 2. The maximum Gasteiger partial charge on any atom is 0.231 e. The van der Waals surface area contributed by atoms with Gasteiger partial charge in [-0.15, -0.1) is 12.4 Å². The number of piperidine rings is 1. The SMILES string of the molecule is COc1cc(-c2cc(C3CCCNC3)nc(N)c2C#N)cc2c1OCO2.Cl. The molecule has 7 nitrogen and oxygen atoms in total. The highest BCUT2D eigenvalue weighted by molar-refractivity contribution is 5.85. The van der Waals surface area contributed by atoms with E-state index in [0.717, 1.165) is 42.8 Å². The predicted octanol–water partition coefficient (Wildman–Crippen LogP) is 2.83. The topological polar surface area (TPSA) is 102 Å². The molecule has 1 atom stereocenters. The van der Waals surface area contributed by atoms with Crippen LogP contribution in [0.1, 0.15) is 30.0 Å². The summed E-state index contributed by atoms with van der Waals surface area (Å²) < 4.78 is 16.4. The number of nitrogens with two attached hydrogens (primary N) is 1. The van der Waals surface area contributed by atoms with Gasteiger partial charge in [-0.2, -0.15) is 5.26 Å². The van der Waals surface area contributed by atoms with Gasteiger partial charge in [-0.05, 0) is 43.1 Å². The summed E-state index contributed by atoms with van der Waals surface area (Å²) in [5.74, 6) is 2.28. The second-order valence-electron chi connectivity index (χ2n) is 6.42. The Morgan fingerprint density at radius 2 is 2.19 bits per heavy atom. The first kappa shape index (κ1) is 19.1. The van der Waals surface area contributed by atoms with E-state index in [-0.39, 0.29) is 30.9 Å². The summed E-state index contributed by atoms with van der Waals surface area (Å²) in [4.78, 5) is 4.50. The van der Waals surface area contributed by atoms with Crippen LogP contribution in [-0.2, 0) is 0 Å². The van der Waals surface area contributed by atoms with Crippen LogP contribution in [0.4, 0.5) is 5.82 Å². The average Bonchev–Trinajstić information content (AvgIpc) is 3.16. The van der Waals surface area contributed by atoms with Crippen molar-refractivity contribution in [3.8, 4) is 34.4 Å². The summed E-state index contributed by atoms with van der Waals surface area (Å²) in [6, 6.07) is 7.83. The van der Waals surface area contributed by atoms with Gasteiger partial charge < -0.3 is 25.3 Å². The second kappa shape index (κ2) is 7.91. The Kier molecular flexibility index (Phi) is 5.59. The van der Waals surface area contributed by atoms with E-state index >= 15 is 0 Å². The van der Waals surface area contributed by atoms with Crippen molar-refractivity contribution in [2.45, 2.75) is 18.8 Å². The van der Waals surface area contributed by atoms with E-state index in [9.17, 15) is 5.26 Å². The number of nitrogens with one attached hydrogen (secondary N) is 1. The number of hydrogen-bond acceptors (Lipinski definition) is 7. The van der Waals surface area contributed by atoms with Gasteiger partial charge in [0.15, 0.2) is 11.5 Å². The van der Waals surface area contributed by atoms with Gasteiger partial charge in [0.05, 0.1) is 7.11 Å². The molecule has 4 rings (SSSR count). The standard InChI is InChI=1S/C19H20N4O3.ClH/c1-24-16-5-12(6-17-18(16)26-10-25-17)13-7-15(11-3-2-4-22-9-11)23-19(21)14(13)8-20;/h5-7,11,22H,2-4,9-10H2,1H3,(H2,21,23);1H. The van der Waals surface area contributed by atoms with Crippen molar-refractivity contribution in [1.29, 1.82) is 5.26 Å². The number of aromatic nitrogens is 1. The minimum absolute atomic E-state index is 0. The Balaban J connectivity index is 0.00000210. The predicted molar refractivity (Wildman–Crippen MR) is 104 cm³/mol. The number of benzene rings is 1. The van der Waals surface area contributed by atoms with Gasteiger partial charge in [-0.1, -0.05) is 0 Å². The molecule has 3 heterocycles. The van der Waals surface area contributed by atoms with Crippen LogP contribution in [0.5, 0.6) is 17.2 Å². The fraction of sp³-hybridized carbons (Fsp3) is 0.368. The van der Waals surface area contributed by atoms with Crippen LogP contribution >= 0.6 is 12.4 Å². The van der Waals surface area contributed by atoms with Gasteiger partial charge >= 0.3 is 0 Å². The molecular weight excluding hydrogens is 368 g/mol. The molecule has 8 heteroatoms. The maximum absolute atomic E-state index is 9.61. The van der Waals surface area contributed by atoms with E-state index in [1.807, 2.05) is 18.2 Å². The number of nitrogen functional groups attached to an aromatic ring is 1. The van der Waals surface area contributed by atoms with E-state index in [0.29, 0.717) is 22.8 Å². The van der Waals surface area contributed by atoms with Crippen molar-refractivity contribution in [2.24, 2.45) is 0 Å². The third-order valence-electron chi connectivity index (χ3n) is 4.86. The van der Waals surface area contributed by atoms with Gasteiger partial charge in [0.2, 0.25) is 12.5 Å². The molecule has 142 valence electrons. The Morgan fingerprint density at radius 1 is 1.33 bits per heavy atom. The number of nitrogens with zero attached hydrogens (tertiary/aromatic N) is 2. The molecule has 3 N–H and O–H groups in total. The zero-order valence-electron chi connectivity index (χ0n) is 14.9. The molecule has 0 amide bonds. The first-order valence-corrected chi connectivity index (χ1v) is 8.60. The molecule has 2 aliphatic heterocycles. The Hall–Kier alpha value is -2.69. The zero-order chi connectivity index (χ0) is 18.1. The van der Waals surface area contributed by atoms with Crippen molar-refractivity contribution in [3.05, 3.63) is 29.5 Å². The second-order valence-corrected chi connectivity index (χ2v) is 6.42. The molecule has 0 saturated carbocycles. The minimum Gasteiger partial charge on any atom is -0.493 e. The number of methoxy groups -OCH3 is 1. The van der Waals surface area contributed by atoms with Crippen LogP contribution in [0, 0.1) is 11.3 Å². The molecule has 0 bridgehead atoms. The average molecular weight is 389 g/mol. The van der Waals surface area contributed by atoms with E-state index in [1.165, 1.54) is 0 Å². The van der Waals surface area contributed by atoms with Gasteiger partial charge in [0, 0.05) is 23.7 Å². The minimum atomic E-state index is 0. The number of rotatable bonds is 3. The van der Waals surface area contributed by atoms with Crippen LogP contribution < -0.4 is 25.3 Å². The van der Waals surface area contributed by atoms with Crippen molar-refractivity contribution in [2.75, 3.05) is 32.7 Å². The lowest BCUT2D eigenvalue weighted by atomic mass is 9.92. The molecule has 0 aliphatic carbocycles. The van der Waals surface area contributed by atoms with Gasteiger partial charge in [-0.25, -0.2) is 4.98 Å². The molecule has 2 aromatic rings. The van der Waals surface area contributed by atoms with Crippen molar-refractivity contribution in [3.63, 3.8) is 0 Å². The van der Waals surface area contributed by atoms with Gasteiger partial charge in [0.25, 0.3) is 0 Å². The van der Waals surface area contributed by atoms with Crippen LogP contribution in [-0.4, -0.2) is 32.0 Å². The lowest BCUT2D eigenvalue weighted by Crippen LogP contribution is -2.29. The molecule has 0 spiro atoms. The summed E-state index contributed by atoms with van der Waals surface area (Å²) in [6.07, 6.45) is 2.15. The smallest absolute Gasteiger partial charge is 0.231 e. The van der Waals surface area contributed by atoms with Gasteiger partial charge in [-0.3, -0.25) is 0 Å². The molecule has 1 unspecified atom stereocenters. The summed E-state index contributed by atoms with van der Waals surface area (Å²) in [6.45, 7) is 2.04. The molecular formula is C19H21ClN4O3.